The van der Waals surface area contributed by atoms with E-state index in [-0.39, 0.29) is 16.4 Å². The number of hydrogen-bond donors (Lipinski definition) is 2. The molecular weight excluding hydrogens is 279 g/mol. The van der Waals surface area contributed by atoms with Crippen molar-refractivity contribution in [2.75, 3.05) is 5.32 Å². The zero-order chi connectivity index (χ0) is 14.0. The Hall–Kier alpha value is -2.48. The van der Waals surface area contributed by atoms with Crippen molar-refractivity contribution in [1.82, 2.24) is 10.2 Å². The van der Waals surface area contributed by atoms with Crippen molar-refractivity contribution in [2.24, 2.45) is 0 Å². The highest BCUT2D eigenvalue weighted by Crippen LogP contribution is 2.21. The molecule has 0 aliphatic rings. The highest BCUT2D eigenvalue weighted by molar-refractivity contribution is 6.31. The van der Waals surface area contributed by atoms with E-state index in [1.54, 1.807) is 0 Å². The summed E-state index contributed by atoms with van der Waals surface area (Å²) in [5.74, 6) is -1.40. The quantitative estimate of drug-likeness (QED) is 0.667. The van der Waals surface area contributed by atoms with Crippen LogP contribution in [0.2, 0.25) is 5.02 Å². The normalized spacial score (nSPS) is 10.2. The van der Waals surface area contributed by atoms with E-state index in [1.165, 1.54) is 12.1 Å². The van der Waals surface area contributed by atoms with Crippen LogP contribution in [-0.4, -0.2) is 21.0 Å². The number of benzene rings is 1. The molecule has 98 valence electrons. The number of aromatic amines is 1. The van der Waals surface area contributed by atoms with Crippen LogP contribution in [0.25, 0.3) is 0 Å². The number of anilines is 1. The van der Waals surface area contributed by atoms with E-state index in [2.05, 4.69) is 15.5 Å². The summed E-state index contributed by atoms with van der Waals surface area (Å²) in [5.41, 5.74) is -0.545. The first-order valence-corrected chi connectivity index (χ1v) is 5.31. The lowest BCUT2D eigenvalue weighted by Gasteiger charge is -2.04. The molecule has 0 atom stereocenters. The van der Waals surface area contributed by atoms with Gasteiger partial charge < -0.3 is 5.32 Å². The summed E-state index contributed by atoms with van der Waals surface area (Å²) in [6.07, 6.45) is 0.923. The molecule has 1 aromatic carbocycles. The number of carbonyl (C=O) groups excluding carboxylic acids is 1. The molecule has 2 N–H and O–H groups in total. The summed E-state index contributed by atoms with van der Waals surface area (Å²) in [6.45, 7) is 0. The molecule has 19 heavy (non-hydrogen) atoms. The molecule has 0 fully saturated rings. The fraction of sp³-hybridized carbons (Fsp3) is 0. The Kier molecular flexibility index (Phi) is 3.43. The van der Waals surface area contributed by atoms with E-state index >= 15 is 0 Å². The van der Waals surface area contributed by atoms with E-state index in [4.69, 9.17) is 11.6 Å². The third-order valence-electron chi connectivity index (χ3n) is 2.22. The first kappa shape index (κ1) is 13.0. The molecule has 0 radical (unpaired) electrons. The lowest BCUT2D eigenvalue weighted by atomic mass is 10.3. The second-order valence-corrected chi connectivity index (χ2v) is 3.88. The van der Waals surface area contributed by atoms with Gasteiger partial charge in [-0.05, 0) is 18.2 Å². The van der Waals surface area contributed by atoms with Gasteiger partial charge in [0, 0.05) is 5.69 Å². The van der Waals surface area contributed by atoms with Crippen LogP contribution in [0.5, 0.6) is 0 Å². The van der Waals surface area contributed by atoms with Gasteiger partial charge in [0.1, 0.15) is 12.0 Å². The number of nitrogens with one attached hydrogen (secondary N) is 2. The zero-order valence-electron chi connectivity index (χ0n) is 9.18. The third-order valence-corrected chi connectivity index (χ3v) is 2.51. The summed E-state index contributed by atoms with van der Waals surface area (Å²) >= 11 is 5.55. The van der Waals surface area contributed by atoms with Gasteiger partial charge in [0.2, 0.25) is 5.69 Å². The van der Waals surface area contributed by atoms with E-state index < -0.39 is 22.3 Å². The molecule has 2 aromatic rings. The molecule has 0 saturated carbocycles. The number of H-pyrrole nitrogens is 1. The molecule has 9 heteroatoms. The fourth-order valence-corrected chi connectivity index (χ4v) is 1.53. The smallest absolute Gasteiger partial charge is 0.319 e. The van der Waals surface area contributed by atoms with Crippen LogP contribution in [0, 0.1) is 15.9 Å². The first-order chi connectivity index (χ1) is 8.99. The van der Waals surface area contributed by atoms with Crippen molar-refractivity contribution in [3.63, 3.8) is 0 Å². The molecule has 0 spiro atoms. The van der Waals surface area contributed by atoms with Crippen LogP contribution in [0.1, 0.15) is 10.5 Å². The number of nitrogens with zero attached hydrogens (tertiary/aromatic N) is 2. The van der Waals surface area contributed by atoms with Crippen molar-refractivity contribution in [3.8, 4) is 0 Å². The minimum atomic E-state index is -0.771. The number of amides is 1. The maximum Gasteiger partial charge on any atom is 0.319 e. The second kappa shape index (κ2) is 5.02. The number of carbonyl (C=O) groups is 1. The van der Waals surface area contributed by atoms with Crippen LogP contribution >= 0.6 is 11.6 Å². The maximum absolute atomic E-state index is 12.9. The summed E-state index contributed by atoms with van der Waals surface area (Å²) in [7, 11) is 0. The first-order valence-electron chi connectivity index (χ1n) is 4.93. The molecule has 1 heterocycles. The standard InChI is InChI=1S/C10H6ClFN4O3/c11-6-3-5(1-2-7(6)12)14-10(17)9-8(16(18)19)4-13-15-9/h1-4H,(H,13,15)(H,14,17). The SMILES string of the molecule is O=C(Nc1ccc(F)c(Cl)c1)c1[nH]ncc1[N+](=O)[O-]. The molecule has 0 aliphatic carbocycles. The van der Waals surface area contributed by atoms with Gasteiger partial charge >= 0.3 is 5.69 Å². The highest BCUT2D eigenvalue weighted by Gasteiger charge is 2.22. The molecule has 2 rings (SSSR count). The molecular formula is C10H6ClFN4O3. The third kappa shape index (κ3) is 2.68. The second-order valence-electron chi connectivity index (χ2n) is 3.47. The largest absolute Gasteiger partial charge is 0.320 e. The molecule has 0 bridgehead atoms. The average molecular weight is 285 g/mol. The Morgan fingerprint density at radius 3 is 2.89 bits per heavy atom. The van der Waals surface area contributed by atoms with Crippen molar-refractivity contribution < 1.29 is 14.1 Å². The summed E-state index contributed by atoms with van der Waals surface area (Å²) in [5, 5.41) is 18.5. The van der Waals surface area contributed by atoms with E-state index in [0.717, 1.165) is 12.3 Å². The molecule has 7 nitrogen and oxygen atoms in total. The number of nitro groups is 1. The van der Waals surface area contributed by atoms with E-state index in [1.807, 2.05) is 0 Å². The fourth-order valence-electron chi connectivity index (χ4n) is 1.35. The van der Waals surface area contributed by atoms with Gasteiger partial charge in [0.15, 0.2) is 0 Å². The monoisotopic (exact) mass is 284 g/mol. The van der Waals surface area contributed by atoms with Gasteiger partial charge in [-0.15, -0.1) is 0 Å². The highest BCUT2D eigenvalue weighted by atomic mass is 35.5. The maximum atomic E-state index is 12.9. The minimum absolute atomic E-state index is 0.170. The summed E-state index contributed by atoms with van der Waals surface area (Å²) < 4.78 is 12.9. The number of aromatic nitrogens is 2. The van der Waals surface area contributed by atoms with Crippen molar-refractivity contribution in [1.29, 1.82) is 0 Å². The van der Waals surface area contributed by atoms with Gasteiger partial charge in [-0.2, -0.15) is 5.10 Å². The van der Waals surface area contributed by atoms with E-state index in [9.17, 15) is 19.3 Å². The Balaban J connectivity index is 2.23. The van der Waals surface area contributed by atoms with Gasteiger partial charge in [0.05, 0.1) is 9.95 Å². The molecule has 0 aliphatic heterocycles. The van der Waals surface area contributed by atoms with Crippen molar-refractivity contribution >= 4 is 28.9 Å². The van der Waals surface area contributed by atoms with Crippen molar-refractivity contribution in [3.05, 3.63) is 51.0 Å². The summed E-state index contributed by atoms with van der Waals surface area (Å²) in [4.78, 5) is 21.7. The molecule has 0 saturated heterocycles. The number of halogens is 2. The minimum Gasteiger partial charge on any atom is -0.320 e. The van der Waals surface area contributed by atoms with E-state index in [0.29, 0.717) is 0 Å². The Labute approximate surface area is 110 Å². The van der Waals surface area contributed by atoms with Crippen LogP contribution < -0.4 is 5.32 Å². The van der Waals surface area contributed by atoms with Gasteiger partial charge in [-0.25, -0.2) is 4.39 Å². The number of hydrogen-bond acceptors (Lipinski definition) is 4. The molecule has 1 aromatic heterocycles. The van der Waals surface area contributed by atoms with Gasteiger partial charge in [0.25, 0.3) is 5.91 Å². The molecule has 1 amide bonds. The van der Waals surface area contributed by atoms with Crippen LogP contribution in [0.3, 0.4) is 0 Å². The van der Waals surface area contributed by atoms with Gasteiger partial charge in [-0.3, -0.25) is 20.0 Å². The predicted octanol–water partition coefficient (Wildman–Crippen LogP) is 2.36. The Bertz CT molecular complexity index is 658. The Morgan fingerprint density at radius 1 is 1.53 bits per heavy atom. The molecule has 0 unspecified atom stereocenters. The number of rotatable bonds is 3. The zero-order valence-corrected chi connectivity index (χ0v) is 9.94. The van der Waals surface area contributed by atoms with Crippen LogP contribution in [0.4, 0.5) is 15.8 Å². The lowest BCUT2D eigenvalue weighted by Crippen LogP contribution is -2.14. The van der Waals surface area contributed by atoms with Crippen LogP contribution in [0.15, 0.2) is 24.4 Å². The topological polar surface area (TPSA) is 101 Å². The summed E-state index contributed by atoms with van der Waals surface area (Å²) in [6, 6.07) is 3.54. The van der Waals surface area contributed by atoms with Crippen molar-refractivity contribution in [2.45, 2.75) is 0 Å². The van der Waals surface area contributed by atoms with Crippen LogP contribution in [-0.2, 0) is 0 Å². The average Bonchev–Trinajstić information content (AvgIpc) is 2.83. The van der Waals surface area contributed by atoms with Gasteiger partial charge in [-0.1, -0.05) is 11.6 Å². The Morgan fingerprint density at radius 2 is 2.26 bits per heavy atom. The predicted molar refractivity (Wildman–Crippen MR) is 64.6 cm³/mol. The lowest BCUT2D eigenvalue weighted by molar-refractivity contribution is -0.385.